The molecule has 0 radical (unpaired) electrons. The highest BCUT2D eigenvalue weighted by atomic mass is 16.7. The normalized spacial score (nSPS) is 17.9. The molecule has 0 unspecified atom stereocenters. The minimum absolute atomic E-state index is 0.121. The lowest BCUT2D eigenvalue weighted by Gasteiger charge is -2.32. The summed E-state index contributed by atoms with van der Waals surface area (Å²) in [6, 6.07) is 0. The molecule has 22 heavy (non-hydrogen) atoms. The van der Waals surface area contributed by atoms with Crippen LogP contribution in [0.5, 0.6) is 0 Å². The van der Waals surface area contributed by atoms with Crippen LogP contribution in [0.2, 0.25) is 0 Å². The van der Waals surface area contributed by atoms with Gasteiger partial charge in [0.25, 0.3) is 0 Å². The molecule has 1 saturated heterocycles. The Labute approximate surface area is 138 Å². The summed E-state index contributed by atoms with van der Waals surface area (Å²) in [7, 11) is -0.434. The molecule has 3 nitrogen and oxygen atoms in total. The molecule has 0 aromatic heterocycles. The van der Waals surface area contributed by atoms with E-state index in [2.05, 4.69) is 20.8 Å². The molecule has 0 aromatic carbocycles. The smallest absolute Gasteiger partial charge is 0.386 e. The minimum Gasteiger partial charge on any atom is -0.386 e. The first kappa shape index (κ1) is 20.0. The number of unbranched alkanes of at least 4 members (excludes halogenated alkanes) is 10. The summed E-state index contributed by atoms with van der Waals surface area (Å²) in [6.45, 7) is 8.75. The van der Waals surface area contributed by atoms with E-state index < -0.39 is 7.32 Å². The van der Waals surface area contributed by atoms with E-state index in [4.69, 9.17) is 14.0 Å². The maximum atomic E-state index is 5.61. The first-order chi connectivity index (χ1) is 10.6. The van der Waals surface area contributed by atoms with Crippen LogP contribution < -0.4 is 0 Å². The Morgan fingerprint density at radius 1 is 0.773 bits per heavy atom. The molecule has 1 rings (SSSR count). The zero-order valence-electron chi connectivity index (χ0n) is 15.2. The van der Waals surface area contributed by atoms with Crippen LogP contribution in [0.25, 0.3) is 0 Å². The van der Waals surface area contributed by atoms with Gasteiger partial charge in [-0.1, -0.05) is 85.0 Å². The van der Waals surface area contributed by atoms with E-state index in [-0.39, 0.29) is 5.41 Å². The molecule has 0 aromatic rings. The van der Waals surface area contributed by atoms with Crippen molar-refractivity contribution in [1.82, 2.24) is 0 Å². The quantitative estimate of drug-likeness (QED) is 0.338. The first-order valence-corrected chi connectivity index (χ1v) is 9.49. The second-order valence-electron chi connectivity index (χ2n) is 7.48. The van der Waals surface area contributed by atoms with Gasteiger partial charge in [0, 0.05) is 25.2 Å². The maximum absolute atomic E-state index is 5.61. The number of hydrogen-bond acceptors (Lipinski definition) is 3. The predicted molar refractivity (Wildman–Crippen MR) is 93.9 cm³/mol. The number of hydrogen-bond donors (Lipinski definition) is 0. The summed E-state index contributed by atoms with van der Waals surface area (Å²) < 4.78 is 16.7. The van der Waals surface area contributed by atoms with Crippen LogP contribution in [0.1, 0.15) is 91.4 Å². The van der Waals surface area contributed by atoms with Crippen molar-refractivity contribution in [3.63, 3.8) is 0 Å². The van der Waals surface area contributed by atoms with Gasteiger partial charge in [0.2, 0.25) is 0 Å². The number of rotatable bonds is 13. The van der Waals surface area contributed by atoms with E-state index >= 15 is 0 Å². The van der Waals surface area contributed by atoms with Crippen molar-refractivity contribution < 1.29 is 14.0 Å². The van der Waals surface area contributed by atoms with Crippen molar-refractivity contribution in [2.75, 3.05) is 19.8 Å². The van der Waals surface area contributed by atoms with E-state index in [1.165, 1.54) is 64.2 Å². The van der Waals surface area contributed by atoms with Crippen molar-refractivity contribution in [3.05, 3.63) is 0 Å². The summed E-state index contributed by atoms with van der Waals surface area (Å²) in [4.78, 5) is 0. The third kappa shape index (κ3) is 10.6. The molecule has 0 saturated carbocycles. The molecular formula is C18H37BO3. The van der Waals surface area contributed by atoms with Crippen LogP contribution in [0, 0.1) is 5.41 Å². The van der Waals surface area contributed by atoms with Crippen LogP contribution in [0.3, 0.4) is 0 Å². The highest BCUT2D eigenvalue weighted by Gasteiger charge is 2.33. The van der Waals surface area contributed by atoms with Crippen molar-refractivity contribution in [1.29, 1.82) is 0 Å². The molecule has 0 aliphatic carbocycles. The lowest BCUT2D eigenvalue weighted by atomic mass is 9.93. The molecule has 1 heterocycles. The van der Waals surface area contributed by atoms with Gasteiger partial charge in [-0.25, -0.2) is 0 Å². The molecule has 130 valence electrons. The monoisotopic (exact) mass is 312 g/mol. The predicted octanol–water partition coefficient (Wildman–Crippen LogP) is 5.37. The summed E-state index contributed by atoms with van der Waals surface area (Å²) in [6.07, 6.45) is 14.9. The zero-order chi connectivity index (χ0) is 16.1. The van der Waals surface area contributed by atoms with Crippen LogP contribution in [0.4, 0.5) is 0 Å². The summed E-state index contributed by atoms with van der Waals surface area (Å²) >= 11 is 0. The average molecular weight is 312 g/mol. The van der Waals surface area contributed by atoms with Crippen molar-refractivity contribution in [3.8, 4) is 0 Å². The van der Waals surface area contributed by atoms with E-state index in [9.17, 15) is 0 Å². The molecule has 4 heteroatoms. The molecule has 0 atom stereocenters. The second-order valence-corrected chi connectivity index (χ2v) is 7.48. The minimum atomic E-state index is -0.434. The summed E-state index contributed by atoms with van der Waals surface area (Å²) in [5.41, 5.74) is 0.121. The summed E-state index contributed by atoms with van der Waals surface area (Å²) in [5.74, 6) is 0. The fourth-order valence-corrected chi connectivity index (χ4v) is 2.72. The lowest BCUT2D eigenvalue weighted by molar-refractivity contribution is -0.0191. The SMILES string of the molecule is CCCCCCCCCCCCCOB1OCC(C)(C)CO1. The van der Waals surface area contributed by atoms with E-state index in [1.54, 1.807) is 0 Å². The summed E-state index contributed by atoms with van der Waals surface area (Å²) in [5, 5.41) is 0. The molecule has 0 N–H and O–H groups in total. The van der Waals surface area contributed by atoms with Crippen LogP contribution >= 0.6 is 0 Å². The van der Waals surface area contributed by atoms with Crippen molar-refractivity contribution in [2.24, 2.45) is 5.41 Å². The van der Waals surface area contributed by atoms with Crippen LogP contribution in [-0.2, 0) is 14.0 Å². The van der Waals surface area contributed by atoms with Gasteiger partial charge < -0.3 is 14.0 Å². The standard InChI is InChI=1S/C18H37BO3/c1-4-5-6-7-8-9-10-11-12-13-14-15-20-19-21-16-18(2,3)17-22-19/h4-17H2,1-3H3. The average Bonchev–Trinajstić information content (AvgIpc) is 2.50. The third-order valence-corrected chi connectivity index (χ3v) is 4.22. The van der Waals surface area contributed by atoms with Gasteiger partial charge in [0.15, 0.2) is 0 Å². The largest absolute Gasteiger partial charge is 0.639 e. The molecule has 1 fully saturated rings. The van der Waals surface area contributed by atoms with Gasteiger partial charge in [-0.3, -0.25) is 0 Å². The highest BCUT2D eigenvalue weighted by molar-refractivity contribution is 6.36. The Balaban J connectivity index is 1.77. The molecule has 1 aliphatic rings. The van der Waals surface area contributed by atoms with Gasteiger partial charge in [0.1, 0.15) is 0 Å². The molecule has 0 amide bonds. The van der Waals surface area contributed by atoms with Gasteiger partial charge in [-0.05, 0) is 6.42 Å². The topological polar surface area (TPSA) is 27.7 Å². The lowest BCUT2D eigenvalue weighted by Crippen LogP contribution is -2.42. The Kier molecular flexibility index (Phi) is 11.2. The molecule has 0 spiro atoms. The van der Waals surface area contributed by atoms with E-state index in [1.807, 2.05) is 0 Å². The van der Waals surface area contributed by atoms with Crippen molar-refractivity contribution in [2.45, 2.75) is 91.4 Å². The van der Waals surface area contributed by atoms with Gasteiger partial charge in [-0.2, -0.15) is 0 Å². The van der Waals surface area contributed by atoms with Gasteiger partial charge in [-0.15, -0.1) is 0 Å². The zero-order valence-corrected chi connectivity index (χ0v) is 15.2. The molecule has 0 bridgehead atoms. The highest BCUT2D eigenvalue weighted by Crippen LogP contribution is 2.21. The first-order valence-electron chi connectivity index (χ1n) is 9.49. The van der Waals surface area contributed by atoms with Crippen molar-refractivity contribution >= 4 is 7.32 Å². The van der Waals surface area contributed by atoms with Gasteiger partial charge in [0.05, 0.1) is 0 Å². The van der Waals surface area contributed by atoms with Crippen LogP contribution in [0.15, 0.2) is 0 Å². The Hall–Kier alpha value is -0.0551. The fourth-order valence-electron chi connectivity index (χ4n) is 2.72. The Morgan fingerprint density at radius 2 is 1.23 bits per heavy atom. The van der Waals surface area contributed by atoms with E-state index in [0.29, 0.717) is 0 Å². The molecular weight excluding hydrogens is 275 g/mol. The fraction of sp³-hybridized carbons (Fsp3) is 1.00. The van der Waals surface area contributed by atoms with E-state index in [0.717, 1.165) is 26.2 Å². The Bertz CT molecular complexity index is 249. The molecule has 1 aliphatic heterocycles. The second kappa shape index (κ2) is 12.4. The third-order valence-electron chi connectivity index (χ3n) is 4.22. The van der Waals surface area contributed by atoms with Crippen LogP contribution in [-0.4, -0.2) is 27.1 Å². The van der Waals surface area contributed by atoms with Gasteiger partial charge >= 0.3 is 7.32 Å². The Morgan fingerprint density at radius 3 is 1.73 bits per heavy atom. The maximum Gasteiger partial charge on any atom is 0.639 e.